The second-order valence-electron chi connectivity index (χ2n) is 8.49. The van der Waals surface area contributed by atoms with Crippen molar-refractivity contribution in [3.63, 3.8) is 0 Å². The van der Waals surface area contributed by atoms with Gasteiger partial charge in [0.05, 0.1) is 12.0 Å². The molecular formula is C25H39N. The van der Waals surface area contributed by atoms with Crippen LogP contribution in [0.25, 0.3) is 0 Å². The number of hydrogen-bond acceptors (Lipinski definition) is 1. The summed E-state index contributed by atoms with van der Waals surface area (Å²) in [5.74, 6) is 1.75. The first-order valence-corrected chi connectivity index (χ1v) is 11.2. The lowest BCUT2D eigenvalue weighted by Crippen LogP contribution is -2.22. The summed E-state index contributed by atoms with van der Waals surface area (Å²) >= 11 is 0. The average Bonchev–Trinajstić information content (AvgIpc) is 2.68. The molecular weight excluding hydrogens is 314 g/mol. The van der Waals surface area contributed by atoms with E-state index in [1.54, 1.807) is 0 Å². The Bertz CT molecular complexity index is 516. The summed E-state index contributed by atoms with van der Waals surface area (Å²) in [4.78, 5) is 0. The monoisotopic (exact) mass is 353 g/mol. The van der Waals surface area contributed by atoms with Gasteiger partial charge in [0.15, 0.2) is 0 Å². The molecule has 1 aliphatic carbocycles. The predicted octanol–water partition coefficient (Wildman–Crippen LogP) is 7.49. The van der Waals surface area contributed by atoms with E-state index in [4.69, 9.17) is 0 Å². The fourth-order valence-electron chi connectivity index (χ4n) is 4.63. The number of aryl methyl sites for hydroxylation is 1. The second-order valence-corrected chi connectivity index (χ2v) is 8.49. The van der Waals surface area contributed by atoms with E-state index in [0.29, 0.717) is 5.92 Å². The van der Waals surface area contributed by atoms with Gasteiger partial charge in [-0.05, 0) is 55.1 Å². The van der Waals surface area contributed by atoms with Crippen molar-refractivity contribution in [2.24, 2.45) is 17.8 Å². The normalized spacial score (nSPS) is 21.3. The summed E-state index contributed by atoms with van der Waals surface area (Å²) in [7, 11) is 0. The zero-order chi connectivity index (χ0) is 18.6. The largest absolute Gasteiger partial charge is 0.198 e. The van der Waals surface area contributed by atoms with Crippen LogP contribution in [0, 0.1) is 29.1 Å². The lowest BCUT2D eigenvalue weighted by Gasteiger charge is -2.31. The quantitative estimate of drug-likeness (QED) is 0.378. The molecule has 0 amide bonds. The Morgan fingerprint density at radius 1 is 0.885 bits per heavy atom. The molecule has 1 unspecified atom stereocenters. The Hall–Kier alpha value is -1.29. The van der Waals surface area contributed by atoms with Crippen LogP contribution in [-0.2, 0) is 12.8 Å². The van der Waals surface area contributed by atoms with Crippen LogP contribution in [0.2, 0.25) is 0 Å². The van der Waals surface area contributed by atoms with Gasteiger partial charge in [0.25, 0.3) is 0 Å². The van der Waals surface area contributed by atoms with E-state index < -0.39 is 0 Å². The van der Waals surface area contributed by atoms with E-state index >= 15 is 0 Å². The second kappa shape index (κ2) is 12.2. The molecule has 0 saturated heterocycles. The Labute approximate surface area is 162 Å². The molecule has 1 saturated carbocycles. The van der Waals surface area contributed by atoms with Gasteiger partial charge in [0.2, 0.25) is 0 Å². The van der Waals surface area contributed by atoms with Crippen molar-refractivity contribution in [3.8, 4) is 6.07 Å². The average molecular weight is 354 g/mol. The van der Waals surface area contributed by atoms with Crippen LogP contribution in [0.5, 0.6) is 0 Å². The molecule has 1 heteroatoms. The van der Waals surface area contributed by atoms with Crippen LogP contribution in [-0.4, -0.2) is 0 Å². The Morgan fingerprint density at radius 3 is 2.15 bits per heavy atom. The molecule has 0 heterocycles. The van der Waals surface area contributed by atoms with E-state index in [-0.39, 0.29) is 5.92 Å². The van der Waals surface area contributed by atoms with Crippen molar-refractivity contribution < 1.29 is 0 Å². The molecule has 2 rings (SSSR count). The van der Waals surface area contributed by atoms with Gasteiger partial charge in [-0.15, -0.1) is 0 Å². The first-order chi connectivity index (χ1) is 12.8. The molecule has 1 aromatic carbocycles. The minimum atomic E-state index is 0.206. The van der Waals surface area contributed by atoms with Crippen molar-refractivity contribution in [2.45, 2.75) is 97.3 Å². The molecule has 1 atom stereocenters. The summed E-state index contributed by atoms with van der Waals surface area (Å²) in [6.07, 6.45) is 16.8. The Balaban J connectivity index is 1.77. The number of unbranched alkanes of at least 4 members (excludes halogenated alkanes) is 4. The number of hydrogen-bond donors (Lipinski definition) is 0. The van der Waals surface area contributed by atoms with E-state index in [1.807, 2.05) is 0 Å². The predicted molar refractivity (Wildman–Crippen MR) is 112 cm³/mol. The molecule has 0 bridgehead atoms. The molecule has 0 spiro atoms. The van der Waals surface area contributed by atoms with Gasteiger partial charge in [-0.1, -0.05) is 89.5 Å². The molecule has 0 N–H and O–H groups in total. The highest BCUT2D eigenvalue weighted by molar-refractivity contribution is 5.24. The van der Waals surface area contributed by atoms with Crippen molar-refractivity contribution in [3.05, 3.63) is 35.4 Å². The minimum Gasteiger partial charge on any atom is -0.198 e. The first-order valence-electron chi connectivity index (χ1n) is 11.2. The maximum absolute atomic E-state index is 9.70. The zero-order valence-corrected chi connectivity index (χ0v) is 17.2. The summed E-state index contributed by atoms with van der Waals surface area (Å²) in [6, 6.07) is 11.8. The molecule has 1 fully saturated rings. The lowest BCUT2D eigenvalue weighted by atomic mass is 9.73. The highest BCUT2D eigenvalue weighted by Gasteiger charge is 2.27. The van der Waals surface area contributed by atoms with Crippen LogP contribution in [0.3, 0.4) is 0 Å². The van der Waals surface area contributed by atoms with Crippen LogP contribution in [0.15, 0.2) is 24.3 Å². The Kier molecular flexibility index (Phi) is 9.83. The summed E-state index contributed by atoms with van der Waals surface area (Å²) < 4.78 is 0. The molecule has 1 nitrogen and oxygen atoms in total. The van der Waals surface area contributed by atoms with Crippen LogP contribution < -0.4 is 0 Å². The fraction of sp³-hybridized carbons (Fsp3) is 0.720. The summed E-state index contributed by atoms with van der Waals surface area (Å²) in [6.45, 7) is 4.56. The maximum Gasteiger partial charge on any atom is 0.0662 e. The minimum absolute atomic E-state index is 0.206. The van der Waals surface area contributed by atoms with Crippen molar-refractivity contribution in [1.29, 1.82) is 5.26 Å². The SMILES string of the molecule is CCCCCCCc1ccc(CC(C#N)[C@H]2CC[C@H](CCC)CC2)cc1. The molecule has 26 heavy (non-hydrogen) atoms. The van der Waals surface area contributed by atoms with E-state index in [0.717, 1.165) is 12.3 Å². The molecule has 0 aromatic heterocycles. The molecule has 0 radical (unpaired) electrons. The number of rotatable bonds is 11. The van der Waals surface area contributed by atoms with Gasteiger partial charge >= 0.3 is 0 Å². The third-order valence-corrected chi connectivity index (χ3v) is 6.37. The Morgan fingerprint density at radius 2 is 1.54 bits per heavy atom. The maximum atomic E-state index is 9.70. The topological polar surface area (TPSA) is 23.8 Å². The number of nitrogens with zero attached hydrogens (tertiary/aromatic N) is 1. The third-order valence-electron chi connectivity index (χ3n) is 6.37. The highest BCUT2D eigenvalue weighted by Crippen LogP contribution is 2.36. The molecule has 1 aromatic rings. The van der Waals surface area contributed by atoms with Gasteiger partial charge in [-0.2, -0.15) is 5.26 Å². The van der Waals surface area contributed by atoms with Gasteiger partial charge in [-0.25, -0.2) is 0 Å². The van der Waals surface area contributed by atoms with Gasteiger partial charge in [0.1, 0.15) is 0 Å². The number of nitriles is 1. The fourth-order valence-corrected chi connectivity index (χ4v) is 4.63. The summed E-state index contributed by atoms with van der Waals surface area (Å²) in [5, 5.41) is 9.70. The van der Waals surface area contributed by atoms with E-state index in [1.165, 1.54) is 88.2 Å². The van der Waals surface area contributed by atoms with Crippen molar-refractivity contribution >= 4 is 0 Å². The smallest absolute Gasteiger partial charge is 0.0662 e. The number of benzene rings is 1. The van der Waals surface area contributed by atoms with E-state index in [2.05, 4.69) is 44.2 Å². The lowest BCUT2D eigenvalue weighted by molar-refractivity contribution is 0.223. The highest BCUT2D eigenvalue weighted by atomic mass is 14.4. The van der Waals surface area contributed by atoms with Crippen LogP contribution in [0.4, 0.5) is 0 Å². The third kappa shape index (κ3) is 7.14. The molecule has 144 valence electrons. The van der Waals surface area contributed by atoms with Gasteiger partial charge in [-0.3, -0.25) is 0 Å². The summed E-state index contributed by atoms with van der Waals surface area (Å²) in [5.41, 5.74) is 2.81. The van der Waals surface area contributed by atoms with Crippen LogP contribution in [0.1, 0.15) is 95.6 Å². The first kappa shape index (κ1) is 21.0. The van der Waals surface area contributed by atoms with Crippen molar-refractivity contribution in [2.75, 3.05) is 0 Å². The van der Waals surface area contributed by atoms with Crippen LogP contribution >= 0.6 is 0 Å². The molecule has 1 aliphatic rings. The standard InChI is InChI=1S/C25H39N/c1-3-5-6-7-8-10-22-11-13-23(14-12-22)19-25(20-26)24-17-15-21(9-4-2)16-18-24/h11-14,21,24-25H,3-10,15-19H2,1-2H3/t21-,24-,25?. The van der Waals surface area contributed by atoms with Gasteiger partial charge in [0, 0.05) is 0 Å². The zero-order valence-electron chi connectivity index (χ0n) is 17.2. The van der Waals surface area contributed by atoms with Gasteiger partial charge < -0.3 is 0 Å². The van der Waals surface area contributed by atoms with E-state index in [9.17, 15) is 5.26 Å². The molecule has 0 aliphatic heterocycles. The van der Waals surface area contributed by atoms with Crippen molar-refractivity contribution in [1.82, 2.24) is 0 Å².